The molecule has 3 N–H and O–H groups in total. The molecule has 5 rings (SSSR count). The molecular weight excluding hydrogens is 557 g/mol. The lowest BCUT2D eigenvalue weighted by Gasteiger charge is -2.22. The number of hydrogen-bond donors (Lipinski definition) is 2. The van der Waals surface area contributed by atoms with Crippen LogP contribution < -0.4 is 11.1 Å². The van der Waals surface area contributed by atoms with Gasteiger partial charge in [0.2, 0.25) is 17.6 Å². The summed E-state index contributed by atoms with van der Waals surface area (Å²) in [6, 6.07) is 17.3. The van der Waals surface area contributed by atoms with Crippen LogP contribution in [0.15, 0.2) is 85.1 Å². The molecule has 7 nitrogen and oxygen atoms in total. The first kappa shape index (κ1) is 28.4. The molecule has 214 valence electrons. The normalized spacial score (nSPS) is 12.3. The van der Waals surface area contributed by atoms with Crippen LogP contribution in [0.5, 0.6) is 0 Å². The first-order valence-electron chi connectivity index (χ1n) is 12.6. The predicted octanol–water partition coefficient (Wildman–Crippen LogP) is 5.59. The molecule has 0 aliphatic heterocycles. The molecule has 0 bridgehead atoms. The van der Waals surface area contributed by atoms with E-state index in [0.717, 1.165) is 16.7 Å². The molecule has 0 unspecified atom stereocenters. The van der Waals surface area contributed by atoms with E-state index >= 15 is 0 Å². The minimum absolute atomic E-state index is 0.0609. The third kappa shape index (κ3) is 6.12. The van der Waals surface area contributed by atoms with Gasteiger partial charge in [0.25, 0.3) is 0 Å². The lowest BCUT2D eigenvalue weighted by Crippen LogP contribution is -2.34. The summed E-state index contributed by atoms with van der Waals surface area (Å²) in [5, 5.41) is 2.70. The molecule has 2 amide bonds. The molecule has 1 atom stereocenters. The minimum Gasteiger partial charge on any atom is -0.366 e. The summed E-state index contributed by atoms with van der Waals surface area (Å²) in [4.78, 5) is 33.2. The number of nitrogens with two attached hydrogens (primary N) is 1. The molecule has 42 heavy (non-hydrogen) atoms. The van der Waals surface area contributed by atoms with E-state index in [1.165, 1.54) is 42.6 Å². The van der Waals surface area contributed by atoms with E-state index in [2.05, 4.69) is 15.3 Å². The van der Waals surface area contributed by atoms with Crippen LogP contribution in [0.25, 0.3) is 22.2 Å². The largest absolute Gasteiger partial charge is 0.449 e. The van der Waals surface area contributed by atoms with Crippen molar-refractivity contribution in [2.45, 2.75) is 25.2 Å². The van der Waals surface area contributed by atoms with Gasteiger partial charge in [0.05, 0.1) is 22.8 Å². The second kappa shape index (κ2) is 11.4. The van der Waals surface area contributed by atoms with Crippen molar-refractivity contribution >= 4 is 22.8 Å². The SMILES string of the molecule is NC(=O)c1cccc(-c2cccnc2[C@H](Cc2cc(F)cc(F)c2)NC(=O)Cn2c(C(F)(F)F)nc3ccccc32)c1. The molecule has 0 radical (unpaired) electrons. The number of rotatable bonds is 8. The van der Waals surface area contributed by atoms with Gasteiger partial charge in [0.1, 0.15) is 18.2 Å². The zero-order chi connectivity index (χ0) is 30.0. The van der Waals surface area contributed by atoms with Crippen LogP contribution in [0.1, 0.15) is 33.5 Å². The number of nitrogens with zero attached hydrogens (tertiary/aromatic N) is 3. The summed E-state index contributed by atoms with van der Waals surface area (Å²) < 4.78 is 70.4. The van der Waals surface area contributed by atoms with E-state index in [-0.39, 0.29) is 34.3 Å². The number of carbonyl (C=O) groups excluding carboxylic acids is 2. The monoisotopic (exact) mass is 579 g/mol. The Bertz CT molecular complexity index is 1780. The molecule has 0 aliphatic carbocycles. The van der Waals surface area contributed by atoms with Crippen LogP contribution in [0.4, 0.5) is 22.0 Å². The number of hydrogen-bond acceptors (Lipinski definition) is 4. The molecule has 3 aromatic carbocycles. The number of imidazole rings is 1. The summed E-state index contributed by atoms with van der Waals surface area (Å²) in [6.07, 6.45) is -3.55. The average Bonchev–Trinajstić information content (AvgIpc) is 3.31. The van der Waals surface area contributed by atoms with E-state index in [4.69, 9.17) is 5.73 Å². The lowest BCUT2D eigenvalue weighted by molar-refractivity contribution is -0.147. The van der Waals surface area contributed by atoms with Gasteiger partial charge in [-0.15, -0.1) is 0 Å². The number of nitrogens with one attached hydrogen (secondary N) is 1. The fourth-order valence-electron chi connectivity index (χ4n) is 4.80. The van der Waals surface area contributed by atoms with E-state index in [0.29, 0.717) is 17.2 Å². The van der Waals surface area contributed by atoms with Gasteiger partial charge in [0, 0.05) is 23.4 Å². The van der Waals surface area contributed by atoms with Crippen molar-refractivity contribution in [1.29, 1.82) is 0 Å². The fraction of sp³-hybridized carbons (Fsp3) is 0.133. The maximum Gasteiger partial charge on any atom is 0.449 e. The van der Waals surface area contributed by atoms with Crippen LogP contribution >= 0.6 is 0 Å². The first-order chi connectivity index (χ1) is 20.0. The van der Waals surface area contributed by atoms with E-state index in [9.17, 15) is 31.5 Å². The number of pyridine rings is 1. The molecule has 2 heterocycles. The maximum absolute atomic E-state index is 14.1. The van der Waals surface area contributed by atoms with Crippen molar-refractivity contribution in [2.75, 3.05) is 0 Å². The number of carbonyl (C=O) groups is 2. The molecular formula is C30H22F5N5O2. The van der Waals surface area contributed by atoms with Gasteiger partial charge in [-0.1, -0.05) is 30.3 Å². The van der Waals surface area contributed by atoms with Gasteiger partial charge < -0.3 is 15.6 Å². The second-order valence-corrected chi connectivity index (χ2v) is 9.49. The molecule has 0 aliphatic rings. The Kier molecular flexibility index (Phi) is 7.70. The summed E-state index contributed by atoms with van der Waals surface area (Å²) in [5.41, 5.74) is 7.21. The number of halogens is 5. The number of benzene rings is 3. The Labute approximate surface area is 235 Å². The number of aromatic nitrogens is 3. The van der Waals surface area contributed by atoms with E-state index < -0.39 is 48.0 Å². The lowest BCUT2D eigenvalue weighted by atomic mass is 9.94. The molecule has 2 aromatic heterocycles. The van der Waals surface area contributed by atoms with Gasteiger partial charge in [-0.25, -0.2) is 13.8 Å². The quantitative estimate of drug-likeness (QED) is 0.234. The summed E-state index contributed by atoms with van der Waals surface area (Å²) in [5.74, 6) is -4.43. The Morgan fingerprint density at radius 3 is 2.38 bits per heavy atom. The summed E-state index contributed by atoms with van der Waals surface area (Å²) >= 11 is 0. The van der Waals surface area contributed by atoms with Gasteiger partial charge in [-0.05, 0) is 60.0 Å². The van der Waals surface area contributed by atoms with Crippen LogP contribution in [0, 0.1) is 11.6 Å². The van der Waals surface area contributed by atoms with Crippen molar-refractivity contribution in [1.82, 2.24) is 19.9 Å². The van der Waals surface area contributed by atoms with Crippen molar-refractivity contribution in [2.24, 2.45) is 5.73 Å². The Morgan fingerprint density at radius 1 is 0.929 bits per heavy atom. The molecule has 5 aromatic rings. The third-order valence-corrected chi connectivity index (χ3v) is 6.53. The van der Waals surface area contributed by atoms with Gasteiger partial charge in [-0.2, -0.15) is 13.2 Å². The molecule has 0 saturated carbocycles. The second-order valence-electron chi connectivity index (χ2n) is 9.49. The van der Waals surface area contributed by atoms with Crippen LogP contribution in [0.2, 0.25) is 0 Å². The van der Waals surface area contributed by atoms with E-state index in [1.54, 1.807) is 24.3 Å². The van der Waals surface area contributed by atoms with Crippen molar-refractivity contribution < 1.29 is 31.5 Å². The number of primary amides is 1. The maximum atomic E-state index is 14.1. The molecule has 0 fully saturated rings. The van der Waals surface area contributed by atoms with Crippen molar-refractivity contribution in [3.05, 3.63) is 119 Å². The number of fused-ring (bicyclic) bond motifs is 1. The molecule has 12 heteroatoms. The van der Waals surface area contributed by atoms with Crippen LogP contribution in [0.3, 0.4) is 0 Å². The smallest absolute Gasteiger partial charge is 0.366 e. The Balaban J connectivity index is 1.55. The average molecular weight is 580 g/mol. The summed E-state index contributed by atoms with van der Waals surface area (Å²) in [7, 11) is 0. The highest BCUT2D eigenvalue weighted by Gasteiger charge is 2.38. The van der Waals surface area contributed by atoms with Crippen molar-refractivity contribution in [3.63, 3.8) is 0 Å². The zero-order valence-electron chi connectivity index (χ0n) is 21.7. The Hall–Kier alpha value is -5.13. The zero-order valence-corrected chi connectivity index (χ0v) is 21.7. The highest BCUT2D eigenvalue weighted by Crippen LogP contribution is 2.32. The Morgan fingerprint density at radius 2 is 1.67 bits per heavy atom. The standard InChI is InChI=1S/C30H22F5N5O2/c31-20-11-17(12-21(32)15-20)13-24(27-22(7-4-10-37-27)18-5-3-6-19(14-18)28(36)42)38-26(41)16-40-25-9-2-1-8-23(25)39-29(40)30(33,34)35/h1-12,14-15,24H,13,16H2,(H2,36,42)(H,38,41)/t24-/m0/s1. The van der Waals surface area contributed by atoms with Gasteiger partial charge >= 0.3 is 6.18 Å². The summed E-state index contributed by atoms with van der Waals surface area (Å²) in [6.45, 7) is -0.747. The van der Waals surface area contributed by atoms with Crippen LogP contribution in [-0.2, 0) is 23.9 Å². The number of amides is 2. The molecule has 0 spiro atoms. The highest BCUT2D eigenvalue weighted by atomic mass is 19.4. The van der Waals surface area contributed by atoms with Crippen LogP contribution in [-0.4, -0.2) is 26.3 Å². The first-order valence-corrected chi connectivity index (χ1v) is 12.6. The molecule has 0 saturated heterocycles. The third-order valence-electron chi connectivity index (χ3n) is 6.53. The predicted molar refractivity (Wildman–Crippen MR) is 144 cm³/mol. The van der Waals surface area contributed by atoms with Crippen molar-refractivity contribution in [3.8, 4) is 11.1 Å². The van der Waals surface area contributed by atoms with Gasteiger partial charge in [-0.3, -0.25) is 14.6 Å². The number of alkyl halides is 3. The number of para-hydroxylation sites is 2. The van der Waals surface area contributed by atoms with E-state index in [1.807, 2.05) is 0 Å². The van der Waals surface area contributed by atoms with Gasteiger partial charge in [0.15, 0.2) is 0 Å². The topological polar surface area (TPSA) is 103 Å². The fourth-order valence-corrected chi connectivity index (χ4v) is 4.80. The minimum atomic E-state index is -4.84. The highest BCUT2D eigenvalue weighted by molar-refractivity contribution is 5.94.